The molecule has 0 aliphatic heterocycles. The van der Waals surface area contributed by atoms with Crippen molar-refractivity contribution in [1.29, 1.82) is 0 Å². The van der Waals surface area contributed by atoms with Crippen molar-refractivity contribution in [1.82, 2.24) is 5.32 Å². The van der Waals surface area contributed by atoms with Gasteiger partial charge >= 0.3 is 5.97 Å². The van der Waals surface area contributed by atoms with Crippen LogP contribution in [0.25, 0.3) is 0 Å². The molecular formula is C27H38N2O6. The molecule has 0 saturated heterocycles. The number of esters is 1. The lowest BCUT2D eigenvalue weighted by atomic mass is 10.1. The van der Waals surface area contributed by atoms with Crippen molar-refractivity contribution in [2.45, 2.75) is 65.2 Å². The van der Waals surface area contributed by atoms with Gasteiger partial charge in [0.1, 0.15) is 35.5 Å². The number of benzene rings is 2. The van der Waals surface area contributed by atoms with Gasteiger partial charge < -0.3 is 30.0 Å². The molecule has 3 N–H and O–H groups in total. The predicted molar refractivity (Wildman–Crippen MR) is 135 cm³/mol. The molecule has 0 radical (unpaired) electrons. The Hall–Kier alpha value is -3.26. The van der Waals surface area contributed by atoms with Gasteiger partial charge in [0.05, 0.1) is 13.7 Å². The van der Waals surface area contributed by atoms with Crippen molar-refractivity contribution < 1.29 is 28.5 Å². The first-order valence-electron chi connectivity index (χ1n) is 11.9. The summed E-state index contributed by atoms with van der Waals surface area (Å²) in [7, 11) is 1.54. The number of rotatable bonds is 13. The highest BCUT2D eigenvalue weighted by atomic mass is 16.5. The molecule has 8 heteroatoms. The lowest BCUT2D eigenvalue weighted by molar-refractivity contribution is -0.146. The van der Waals surface area contributed by atoms with E-state index in [1.54, 1.807) is 18.2 Å². The average molecular weight is 487 g/mol. The first-order valence-corrected chi connectivity index (χ1v) is 11.9. The van der Waals surface area contributed by atoms with Gasteiger partial charge in [-0.15, -0.1) is 0 Å². The van der Waals surface area contributed by atoms with Crippen LogP contribution < -0.4 is 25.3 Å². The standard InChI is InChI=1S/C27H38N2O6/c1-6-29-25(30)8-7-15-33-22-14-11-20(24(17-22)32-5)18-34-26(31)23(28)16-19-9-12-21(13-10-19)35-27(2,3)4/h9-14,17,23H,6-8,15-16,18,28H2,1-5H3,(H,29,30)/t23-/m0/s1. The van der Waals surface area contributed by atoms with Crippen molar-refractivity contribution >= 4 is 11.9 Å². The summed E-state index contributed by atoms with van der Waals surface area (Å²) in [6.07, 6.45) is 1.38. The first-order chi connectivity index (χ1) is 16.6. The highest BCUT2D eigenvalue weighted by Crippen LogP contribution is 2.26. The topological polar surface area (TPSA) is 109 Å². The molecule has 0 fully saturated rings. The molecule has 1 atom stereocenters. The Labute approximate surface area is 208 Å². The van der Waals surface area contributed by atoms with Crippen LogP contribution in [0.15, 0.2) is 42.5 Å². The normalized spacial score (nSPS) is 11.9. The summed E-state index contributed by atoms with van der Waals surface area (Å²) < 4.78 is 22.4. The molecule has 8 nitrogen and oxygen atoms in total. The number of carbonyl (C=O) groups excluding carboxylic acids is 2. The fraction of sp³-hybridized carbons (Fsp3) is 0.481. The quantitative estimate of drug-likeness (QED) is 0.328. The minimum atomic E-state index is -0.789. The van der Waals surface area contributed by atoms with Crippen LogP contribution >= 0.6 is 0 Å². The van der Waals surface area contributed by atoms with Crippen molar-refractivity contribution in [2.75, 3.05) is 20.3 Å². The molecule has 35 heavy (non-hydrogen) atoms. The van der Waals surface area contributed by atoms with Crippen LogP contribution in [0.4, 0.5) is 0 Å². The first kappa shape index (κ1) is 28.0. The van der Waals surface area contributed by atoms with Crippen LogP contribution in [0.1, 0.15) is 51.7 Å². The molecule has 0 aliphatic carbocycles. The van der Waals surface area contributed by atoms with Gasteiger partial charge in [0.15, 0.2) is 0 Å². The average Bonchev–Trinajstić information content (AvgIpc) is 2.81. The molecule has 0 unspecified atom stereocenters. The summed E-state index contributed by atoms with van der Waals surface area (Å²) in [5, 5.41) is 2.75. The summed E-state index contributed by atoms with van der Waals surface area (Å²) in [6.45, 7) is 8.90. The van der Waals surface area contributed by atoms with E-state index in [2.05, 4.69) is 5.32 Å². The van der Waals surface area contributed by atoms with Gasteiger partial charge in [-0.05, 0) is 70.4 Å². The van der Waals surface area contributed by atoms with Crippen LogP contribution in [0.5, 0.6) is 17.2 Å². The van der Waals surface area contributed by atoms with E-state index in [0.29, 0.717) is 49.5 Å². The van der Waals surface area contributed by atoms with Crippen LogP contribution in [0.2, 0.25) is 0 Å². The van der Waals surface area contributed by atoms with E-state index in [-0.39, 0.29) is 18.1 Å². The van der Waals surface area contributed by atoms with E-state index in [9.17, 15) is 9.59 Å². The summed E-state index contributed by atoms with van der Waals surface area (Å²) in [6, 6.07) is 12.0. The zero-order valence-corrected chi connectivity index (χ0v) is 21.4. The number of methoxy groups -OCH3 is 1. The highest BCUT2D eigenvalue weighted by Gasteiger charge is 2.18. The molecule has 0 aromatic heterocycles. The smallest absolute Gasteiger partial charge is 0.323 e. The molecule has 0 spiro atoms. The zero-order valence-electron chi connectivity index (χ0n) is 21.4. The van der Waals surface area contributed by atoms with Crippen molar-refractivity contribution in [2.24, 2.45) is 5.73 Å². The number of nitrogens with two attached hydrogens (primary N) is 1. The number of carbonyl (C=O) groups is 2. The van der Waals surface area contributed by atoms with Crippen molar-refractivity contribution in [3.8, 4) is 17.2 Å². The van der Waals surface area contributed by atoms with Crippen LogP contribution in [-0.2, 0) is 27.4 Å². The molecular weight excluding hydrogens is 448 g/mol. The van der Waals surface area contributed by atoms with E-state index in [1.165, 1.54) is 7.11 Å². The van der Waals surface area contributed by atoms with Gasteiger partial charge in [0.25, 0.3) is 0 Å². The second kappa shape index (κ2) is 13.6. The van der Waals surface area contributed by atoms with Gasteiger partial charge in [0.2, 0.25) is 5.91 Å². The lowest BCUT2D eigenvalue weighted by Gasteiger charge is -2.21. The zero-order chi connectivity index (χ0) is 25.8. The van der Waals surface area contributed by atoms with E-state index < -0.39 is 12.0 Å². The second-order valence-corrected chi connectivity index (χ2v) is 9.16. The molecule has 2 aromatic carbocycles. The minimum Gasteiger partial charge on any atom is -0.496 e. The Bertz CT molecular complexity index is 953. The molecule has 0 aliphatic rings. The third-order valence-corrected chi connectivity index (χ3v) is 4.93. The summed E-state index contributed by atoms with van der Waals surface area (Å²) in [5.41, 5.74) is 7.41. The fourth-order valence-corrected chi connectivity index (χ4v) is 3.28. The fourth-order valence-electron chi connectivity index (χ4n) is 3.28. The highest BCUT2D eigenvalue weighted by molar-refractivity contribution is 5.76. The number of ether oxygens (including phenoxy) is 4. The number of hydrogen-bond donors (Lipinski definition) is 2. The molecule has 2 rings (SSSR count). The van der Waals surface area contributed by atoms with Gasteiger partial charge in [-0.2, -0.15) is 0 Å². The summed E-state index contributed by atoms with van der Waals surface area (Å²) in [4.78, 5) is 23.9. The number of hydrogen-bond acceptors (Lipinski definition) is 7. The SMILES string of the molecule is CCNC(=O)CCCOc1ccc(COC(=O)[C@@H](N)Cc2ccc(OC(C)(C)C)cc2)c(OC)c1. The van der Waals surface area contributed by atoms with Gasteiger partial charge in [-0.25, -0.2) is 0 Å². The Kier molecular flexibility index (Phi) is 10.9. The Morgan fingerprint density at radius 3 is 2.37 bits per heavy atom. The van der Waals surface area contributed by atoms with Crippen molar-refractivity contribution in [3.63, 3.8) is 0 Å². The Morgan fingerprint density at radius 2 is 1.74 bits per heavy atom. The second-order valence-electron chi connectivity index (χ2n) is 9.16. The largest absolute Gasteiger partial charge is 0.496 e. The van der Waals surface area contributed by atoms with E-state index in [4.69, 9.17) is 24.7 Å². The van der Waals surface area contributed by atoms with Gasteiger partial charge in [0, 0.05) is 24.6 Å². The Morgan fingerprint density at radius 1 is 1.06 bits per heavy atom. The monoisotopic (exact) mass is 486 g/mol. The molecule has 0 bridgehead atoms. The van der Waals surface area contributed by atoms with Crippen LogP contribution in [0.3, 0.4) is 0 Å². The number of nitrogens with one attached hydrogen (secondary N) is 1. The summed E-state index contributed by atoms with van der Waals surface area (Å²) in [5.74, 6) is 1.44. The minimum absolute atomic E-state index is 0.00983. The number of amides is 1. The molecule has 192 valence electrons. The maximum atomic E-state index is 12.4. The summed E-state index contributed by atoms with van der Waals surface area (Å²) >= 11 is 0. The molecule has 2 aromatic rings. The predicted octanol–water partition coefficient (Wildman–Crippen LogP) is 3.78. The van der Waals surface area contributed by atoms with Gasteiger partial charge in [-0.1, -0.05) is 12.1 Å². The molecule has 0 heterocycles. The van der Waals surface area contributed by atoms with Crippen LogP contribution in [0, 0.1) is 0 Å². The molecule has 0 saturated carbocycles. The maximum Gasteiger partial charge on any atom is 0.323 e. The van der Waals surface area contributed by atoms with E-state index in [1.807, 2.05) is 52.0 Å². The van der Waals surface area contributed by atoms with Crippen LogP contribution in [-0.4, -0.2) is 43.8 Å². The molecule has 1 amide bonds. The maximum absolute atomic E-state index is 12.4. The third kappa shape index (κ3) is 10.3. The third-order valence-electron chi connectivity index (χ3n) is 4.93. The van der Waals surface area contributed by atoms with E-state index in [0.717, 1.165) is 11.3 Å². The Balaban J connectivity index is 1.83. The lowest BCUT2D eigenvalue weighted by Crippen LogP contribution is -2.34. The van der Waals surface area contributed by atoms with E-state index >= 15 is 0 Å². The van der Waals surface area contributed by atoms with Gasteiger partial charge in [-0.3, -0.25) is 9.59 Å². The van der Waals surface area contributed by atoms with Crippen molar-refractivity contribution in [3.05, 3.63) is 53.6 Å².